The second-order valence-corrected chi connectivity index (χ2v) is 6.97. The van der Waals surface area contributed by atoms with Crippen LogP contribution >= 0.6 is 38.9 Å². The van der Waals surface area contributed by atoms with Crippen LogP contribution in [0.5, 0.6) is 0 Å². The van der Waals surface area contributed by atoms with Gasteiger partial charge in [-0.1, -0.05) is 17.7 Å². The number of benzene rings is 1. The Morgan fingerprint density at radius 2 is 2.10 bits per heavy atom. The van der Waals surface area contributed by atoms with Gasteiger partial charge >= 0.3 is 5.97 Å². The quantitative estimate of drug-likeness (QED) is 0.686. The summed E-state index contributed by atoms with van der Waals surface area (Å²) in [6.45, 7) is 0. The van der Waals surface area contributed by atoms with Crippen LogP contribution in [0.3, 0.4) is 0 Å². The Kier molecular flexibility index (Phi) is 3.50. The Morgan fingerprint density at radius 3 is 2.75 bits per heavy atom. The van der Waals surface area contributed by atoms with E-state index in [0.29, 0.717) is 21.6 Å². The number of thiophene rings is 1. The van der Waals surface area contributed by atoms with Crippen molar-refractivity contribution in [3.05, 3.63) is 50.8 Å². The zero-order chi connectivity index (χ0) is 14.3. The van der Waals surface area contributed by atoms with Crippen LogP contribution in [0.15, 0.2) is 40.2 Å². The molecule has 1 N–H and O–H groups in total. The summed E-state index contributed by atoms with van der Waals surface area (Å²) in [5, 5.41) is 10.3. The normalized spacial score (nSPS) is 10.9. The molecule has 0 saturated heterocycles. The highest BCUT2D eigenvalue weighted by Crippen LogP contribution is 2.34. The van der Waals surface area contributed by atoms with E-state index in [0.717, 1.165) is 8.66 Å². The number of hydrogen-bond acceptors (Lipinski definition) is 3. The first-order chi connectivity index (χ1) is 9.56. The van der Waals surface area contributed by atoms with E-state index >= 15 is 0 Å². The number of carbonyl (C=O) groups is 1. The molecule has 0 aliphatic heterocycles. The molecular formula is C14H7BrClNO2S. The minimum absolute atomic E-state index is 0.167. The minimum atomic E-state index is -1.01. The number of rotatable bonds is 2. The number of aromatic carboxylic acids is 1. The highest BCUT2D eigenvalue weighted by atomic mass is 79.9. The standard InChI is InChI=1S/C14H7BrClNO2S/c15-12-5-4-11(20-12)10-6-7(14(18)19)13-8(16)2-1-3-9(13)17-10/h1-6H,(H,18,19). The van der Waals surface area contributed by atoms with Crippen molar-refractivity contribution < 1.29 is 9.90 Å². The Balaban J connectivity index is 2.34. The van der Waals surface area contributed by atoms with Gasteiger partial charge in [0, 0.05) is 5.39 Å². The summed E-state index contributed by atoms with van der Waals surface area (Å²) in [5.74, 6) is -1.01. The Morgan fingerprint density at radius 1 is 1.30 bits per heavy atom. The molecule has 0 amide bonds. The van der Waals surface area contributed by atoms with Crippen molar-refractivity contribution in [3.63, 3.8) is 0 Å². The van der Waals surface area contributed by atoms with E-state index in [2.05, 4.69) is 20.9 Å². The van der Waals surface area contributed by atoms with Crippen molar-refractivity contribution in [2.24, 2.45) is 0 Å². The molecule has 0 fully saturated rings. The monoisotopic (exact) mass is 367 g/mol. The predicted octanol–water partition coefficient (Wildman–Crippen LogP) is 5.08. The third-order valence-electron chi connectivity index (χ3n) is 2.84. The summed E-state index contributed by atoms with van der Waals surface area (Å²) in [4.78, 5) is 16.9. The molecule has 3 nitrogen and oxygen atoms in total. The first-order valence-electron chi connectivity index (χ1n) is 5.64. The van der Waals surface area contributed by atoms with E-state index < -0.39 is 5.97 Å². The molecule has 3 aromatic rings. The fraction of sp³-hybridized carbons (Fsp3) is 0. The number of fused-ring (bicyclic) bond motifs is 1. The summed E-state index contributed by atoms with van der Waals surface area (Å²) >= 11 is 11.0. The minimum Gasteiger partial charge on any atom is -0.478 e. The van der Waals surface area contributed by atoms with Crippen LogP contribution in [-0.4, -0.2) is 16.1 Å². The van der Waals surface area contributed by atoms with E-state index in [1.807, 2.05) is 12.1 Å². The molecule has 100 valence electrons. The highest BCUT2D eigenvalue weighted by Gasteiger charge is 2.15. The highest BCUT2D eigenvalue weighted by molar-refractivity contribution is 9.11. The third kappa shape index (κ3) is 2.32. The lowest BCUT2D eigenvalue weighted by molar-refractivity contribution is 0.0699. The van der Waals surface area contributed by atoms with Gasteiger partial charge in [0.2, 0.25) is 0 Å². The zero-order valence-corrected chi connectivity index (χ0v) is 13.1. The van der Waals surface area contributed by atoms with Gasteiger partial charge < -0.3 is 5.11 Å². The number of carboxylic acid groups (broad SMARTS) is 1. The molecule has 2 heterocycles. The van der Waals surface area contributed by atoms with Crippen LogP contribution in [0.25, 0.3) is 21.5 Å². The molecule has 6 heteroatoms. The Labute approximate surface area is 132 Å². The first kappa shape index (κ1) is 13.5. The smallest absolute Gasteiger partial charge is 0.336 e. The predicted molar refractivity (Wildman–Crippen MR) is 84.7 cm³/mol. The van der Waals surface area contributed by atoms with E-state index in [9.17, 15) is 9.90 Å². The molecule has 0 radical (unpaired) electrons. The van der Waals surface area contributed by atoms with Gasteiger partial charge in [0.1, 0.15) is 0 Å². The van der Waals surface area contributed by atoms with Gasteiger partial charge in [0.15, 0.2) is 0 Å². The lowest BCUT2D eigenvalue weighted by Crippen LogP contribution is -2.00. The summed E-state index contributed by atoms with van der Waals surface area (Å²) in [7, 11) is 0. The fourth-order valence-electron chi connectivity index (χ4n) is 1.99. The van der Waals surface area contributed by atoms with Crippen molar-refractivity contribution in [1.29, 1.82) is 0 Å². The van der Waals surface area contributed by atoms with Crippen LogP contribution < -0.4 is 0 Å². The molecule has 0 bridgehead atoms. The molecular weight excluding hydrogens is 362 g/mol. The number of carboxylic acids is 1. The summed E-state index contributed by atoms with van der Waals surface area (Å²) in [5.41, 5.74) is 1.38. The van der Waals surface area contributed by atoms with Crippen molar-refractivity contribution >= 4 is 55.7 Å². The molecule has 0 unspecified atom stereocenters. The van der Waals surface area contributed by atoms with Crippen LogP contribution in [0.2, 0.25) is 5.02 Å². The topological polar surface area (TPSA) is 50.2 Å². The van der Waals surface area contributed by atoms with Crippen LogP contribution in [-0.2, 0) is 0 Å². The summed E-state index contributed by atoms with van der Waals surface area (Å²) in [6, 6.07) is 10.6. The van der Waals surface area contributed by atoms with Crippen LogP contribution in [0, 0.1) is 0 Å². The van der Waals surface area contributed by atoms with Crippen molar-refractivity contribution in [2.45, 2.75) is 0 Å². The maximum Gasteiger partial charge on any atom is 0.336 e. The van der Waals surface area contributed by atoms with Gasteiger partial charge in [-0.15, -0.1) is 11.3 Å². The van der Waals surface area contributed by atoms with Crippen molar-refractivity contribution in [1.82, 2.24) is 4.98 Å². The van der Waals surface area contributed by atoms with Gasteiger partial charge in [-0.05, 0) is 46.3 Å². The van der Waals surface area contributed by atoms with Crippen LogP contribution in [0.4, 0.5) is 0 Å². The largest absolute Gasteiger partial charge is 0.478 e. The number of nitrogens with zero attached hydrogens (tertiary/aromatic N) is 1. The number of hydrogen-bond donors (Lipinski definition) is 1. The first-order valence-corrected chi connectivity index (χ1v) is 7.63. The maximum atomic E-state index is 11.5. The van der Waals surface area contributed by atoms with E-state index in [4.69, 9.17) is 11.6 Å². The summed E-state index contributed by atoms with van der Waals surface area (Å²) < 4.78 is 0.970. The van der Waals surface area contributed by atoms with Gasteiger partial charge in [0.25, 0.3) is 0 Å². The average molecular weight is 369 g/mol. The molecule has 0 saturated carbocycles. The molecule has 2 aromatic heterocycles. The number of pyridine rings is 1. The Bertz CT molecular complexity index is 831. The van der Waals surface area contributed by atoms with Gasteiger partial charge in [0.05, 0.1) is 30.5 Å². The van der Waals surface area contributed by atoms with Gasteiger partial charge in [-0.25, -0.2) is 9.78 Å². The van der Waals surface area contributed by atoms with Crippen molar-refractivity contribution in [3.8, 4) is 10.6 Å². The maximum absolute atomic E-state index is 11.5. The van der Waals surface area contributed by atoms with E-state index in [1.54, 1.807) is 24.3 Å². The fourth-order valence-corrected chi connectivity index (χ4v) is 3.61. The second-order valence-electron chi connectivity index (χ2n) is 4.10. The van der Waals surface area contributed by atoms with E-state index in [-0.39, 0.29) is 5.56 Å². The van der Waals surface area contributed by atoms with Gasteiger partial charge in [-0.3, -0.25) is 0 Å². The molecule has 1 aromatic carbocycles. The molecule has 0 aliphatic carbocycles. The molecule has 0 aliphatic rings. The van der Waals surface area contributed by atoms with E-state index in [1.165, 1.54) is 11.3 Å². The number of halogens is 2. The molecule has 0 atom stereocenters. The SMILES string of the molecule is O=C(O)c1cc(-c2ccc(Br)s2)nc2cccc(Cl)c12. The number of aromatic nitrogens is 1. The Hall–Kier alpha value is -1.43. The van der Waals surface area contributed by atoms with Crippen LogP contribution in [0.1, 0.15) is 10.4 Å². The lowest BCUT2D eigenvalue weighted by Gasteiger charge is -2.07. The second kappa shape index (κ2) is 5.16. The van der Waals surface area contributed by atoms with Gasteiger partial charge in [-0.2, -0.15) is 0 Å². The lowest BCUT2D eigenvalue weighted by atomic mass is 10.1. The molecule has 3 rings (SSSR count). The zero-order valence-electron chi connectivity index (χ0n) is 9.93. The molecule has 20 heavy (non-hydrogen) atoms. The summed E-state index contributed by atoms with van der Waals surface area (Å²) in [6.07, 6.45) is 0. The molecule has 0 spiro atoms. The van der Waals surface area contributed by atoms with Crippen molar-refractivity contribution in [2.75, 3.05) is 0 Å². The third-order valence-corrected chi connectivity index (χ3v) is 4.80. The average Bonchev–Trinajstić information content (AvgIpc) is 2.84.